The molecule has 7 heteroatoms. The number of nitrogens with zero attached hydrogens (tertiary/aromatic N) is 1. The van der Waals surface area contributed by atoms with Crippen LogP contribution < -0.4 is 20.1 Å². The van der Waals surface area contributed by atoms with Gasteiger partial charge in [0.25, 0.3) is 0 Å². The van der Waals surface area contributed by atoms with Crippen molar-refractivity contribution in [2.75, 3.05) is 38.8 Å². The molecule has 1 aromatic heterocycles. The molecular weight excluding hydrogens is 366 g/mol. The van der Waals surface area contributed by atoms with Crippen molar-refractivity contribution >= 4 is 25.3 Å². The predicted octanol–water partition coefficient (Wildman–Crippen LogP) is 2.80. The van der Waals surface area contributed by atoms with Gasteiger partial charge in [-0.1, -0.05) is 6.07 Å². The Morgan fingerprint density at radius 3 is 1.88 bits per heavy atom. The SMILES string of the molecule is COc1ccc(-c2cc(CNCCS)nc(CNCCS)c2)cc1OC. The molecule has 26 heavy (non-hydrogen) atoms. The van der Waals surface area contributed by atoms with E-state index >= 15 is 0 Å². The number of rotatable bonds is 11. The summed E-state index contributed by atoms with van der Waals surface area (Å²) in [6.45, 7) is 3.11. The highest BCUT2D eigenvalue weighted by molar-refractivity contribution is 7.80. The first kappa shape index (κ1) is 20.9. The van der Waals surface area contributed by atoms with E-state index in [2.05, 4.69) is 48.0 Å². The highest BCUT2D eigenvalue weighted by Gasteiger charge is 2.09. The van der Waals surface area contributed by atoms with E-state index in [0.29, 0.717) is 18.8 Å². The molecule has 0 unspecified atom stereocenters. The van der Waals surface area contributed by atoms with Gasteiger partial charge in [0.05, 0.1) is 25.6 Å². The van der Waals surface area contributed by atoms with E-state index < -0.39 is 0 Å². The number of thiol groups is 2. The van der Waals surface area contributed by atoms with Crippen LogP contribution in [0.1, 0.15) is 11.4 Å². The maximum Gasteiger partial charge on any atom is 0.161 e. The highest BCUT2D eigenvalue weighted by atomic mass is 32.1. The van der Waals surface area contributed by atoms with Gasteiger partial charge in [-0.2, -0.15) is 25.3 Å². The second-order valence-electron chi connectivity index (χ2n) is 5.71. The molecule has 1 aromatic carbocycles. The van der Waals surface area contributed by atoms with Gasteiger partial charge in [0.2, 0.25) is 0 Å². The lowest BCUT2D eigenvalue weighted by atomic mass is 10.0. The van der Waals surface area contributed by atoms with Crippen LogP contribution in [0.25, 0.3) is 11.1 Å². The quantitative estimate of drug-likeness (QED) is 0.349. The van der Waals surface area contributed by atoms with Crippen LogP contribution in [0, 0.1) is 0 Å². The lowest BCUT2D eigenvalue weighted by molar-refractivity contribution is 0.355. The van der Waals surface area contributed by atoms with Gasteiger partial charge in [0.1, 0.15) is 0 Å². The topological polar surface area (TPSA) is 55.4 Å². The minimum absolute atomic E-state index is 0.710. The van der Waals surface area contributed by atoms with Crippen molar-refractivity contribution in [1.29, 1.82) is 0 Å². The van der Waals surface area contributed by atoms with Crippen LogP contribution in [-0.4, -0.2) is 43.8 Å². The Morgan fingerprint density at radius 2 is 1.38 bits per heavy atom. The number of ether oxygens (including phenoxy) is 2. The normalized spacial score (nSPS) is 10.8. The molecule has 2 rings (SSSR count). The number of hydrogen-bond donors (Lipinski definition) is 4. The summed E-state index contributed by atoms with van der Waals surface area (Å²) in [5.74, 6) is 3.03. The van der Waals surface area contributed by atoms with E-state index in [0.717, 1.165) is 52.9 Å². The molecule has 0 aliphatic carbocycles. The van der Waals surface area contributed by atoms with Crippen LogP contribution in [0.5, 0.6) is 11.5 Å². The highest BCUT2D eigenvalue weighted by Crippen LogP contribution is 2.32. The molecule has 0 saturated carbocycles. The fourth-order valence-corrected chi connectivity index (χ4v) is 2.92. The summed E-state index contributed by atoms with van der Waals surface area (Å²) in [6.07, 6.45) is 0. The smallest absolute Gasteiger partial charge is 0.161 e. The van der Waals surface area contributed by atoms with Crippen LogP contribution in [0.15, 0.2) is 30.3 Å². The maximum absolute atomic E-state index is 5.44. The average molecular weight is 394 g/mol. The Labute approximate surface area is 166 Å². The number of pyridine rings is 1. The molecule has 0 aliphatic rings. The van der Waals surface area contributed by atoms with Crippen molar-refractivity contribution in [3.63, 3.8) is 0 Å². The number of nitrogens with one attached hydrogen (secondary N) is 2. The van der Waals surface area contributed by atoms with Gasteiger partial charge in [-0.3, -0.25) is 4.98 Å². The minimum Gasteiger partial charge on any atom is -0.493 e. The Kier molecular flexibility index (Phi) is 9.11. The number of benzene rings is 1. The van der Waals surface area contributed by atoms with E-state index in [1.165, 1.54) is 0 Å². The molecule has 0 amide bonds. The molecule has 0 fully saturated rings. The van der Waals surface area contributed by atoms with Crippen LogP contribution in [0.2, 0.25) is 0 Å². The number of hydrogen-bond acceptors (Lipinski definition) is 7. The second kappa shape index (κ2) is 11.3. The Bertz CT molecular complexity index is 670. The van der Waals surface area contributed by atoms with Gasteiger partial charge in [-0.05, 0) is 35.4 Å². The average Bonchev–Trinajstić information content (AvgIpc) is 2.67. The summed E-state index contributed by atoms with van der Waals surface area (Å²) < 4.78 is 10.8. The standard InChI is InChI=1S/C19H27N3O2S2/c1-23-18-4-3-14(11-19(18)24-2)15-9-16(12-20-5-7-25)22-17(10-15)13-21-6-8-26/h3-4,9-11,20-21,25-26H,5-8,12-13H2,1-2H3. The number of aromatic nitrogens is 1. The van der Waals surface area contributed by atoms with Gasteiger partial charge in [0.15, 0.2) is 11.5 Å². The molecule has 2 N–H and O–H groups in total. The summed E-state index contributed by atoms with van der Waals surface area (Å²) in [7, 11) is 3.29. The molecule has 0 atom stereocenters. The van der Waals surface area contributed by atoms with Gasteiger partial charge in [-0.15, -0.1) is 0 Å². The summed E-state index contributed by atoms with van der Waals surface area (Å²) in [5, 5.41) is 6.70. The molecule has 0 aliphatic heterocycles. The lowest BCUT2D eigenvalue weighted by Crippen LogP contribution is -2.19. The van der Waals surface area contributed by atoms with Crippen molar-refractivity contribution < 1.29 is 9.47 Å². The zero-order valence-corrected chi connectivity index (χ0v) is 17.1. The Hall–Kier alpha value is -1.41. The number of methoxy groups -OCH3 is 2. The molecule has 0 bridgehead atoms. The van der Waals surface area contributed by atoms with Crippen molar-refractivity contribution in [3.8, 4) is 22.6 Å². The van der Waals surface area contributed by atoms with Gasteiger partial charge >= 0.3 is 0 Å². The largest absolute Gasteiger partial charge is 0.493 e. The molecule has 0 saturated heterocycles. The second-order valence-corrected chi connectivity index (χ2v) is 6.60. The van der Waals surface area contributed by atoms with Gasteiger partial charge < -0.3 is 20.1 Å². The fraction of sp³-hybridized carbons (Fsp3) is 0.421. The molecule has 5 nitrogen and oxygen atoms in total. The van der Waals surface area contributed by atoms with Crippen LogP contribution in [0.3, 0.4) is 0 Å². The molecule has 0 radical (unpaired) electrons. The van der Waals surface area contributed by atoms with Crippen LogP contribution in [0.4, 0.5) is 0 Å². The van der Waals surface area contributed by atoms with E-state index in [-0.39, 0.29) is 0 Å². The van der Waals surface area contributed by atoms with Crippen molar-refractivity contribution in [3.05, 3.63) is 41.7 Å². The first-order valence-electron chi connectivity index (χ1n) is 8.57. The molecule has 0 spiro atoms. The maximum atomic E-state index is 5.44. The van der Waals surface area contributed by atoms with E-state index in [4.69, 9.17) is 14.5 Å². The Morgan fingerprint density at radius 1 is 0.808 bits per heavy atom. The summed E-state index contributed by atoms with van der Waals surface area (Å²) in [6, 6.07) is 10.2. The van der Waals surface area contributed by atoms with Crippen molar-refractivity contribution in [2.45, 2.75) is 13.1 Å². The van der Waals surface area contributed by atoms with Gasteiger partial charge in [0, 0.05) is 37.7 Å². The third kappa shape index (κ3) is 6.09. The molecule has 2 aromatic rings. The van der Waals surface area contributed by atoms with Crippen molar-refractivity contribution in [2.24, 2.45) is 0 Å². The van der Waals surface area contributed by atoms with Crippen LogP contribution in [-0.2, 0) is 13.1 Å². The minimum atomic E-state index is 0.710. The molecule has 142 valence electrons. The zero-order chi connectivity index (χ0) is 18.8. The third-order valence-electron chi connectivity index (χ3n) is 3.84. The fourth-order valence-electron chi connectivity index (χ4n) is 2.60. The first-order chi connectivity index (χ1) is 12.7. The lowest BCUT2D eigenvalue weighted by Gasteiger charge is -2.13. The van der Waals surface area contributed by atoms with Gasteiger partial charge in [-0.25, -0.2) is 0 Å². The van der Waals surface area contributed by atoms with E-state index in [1.807, 2.05) is 18.2 Å². The summed E-state index contributed by atoms with van der Waals surface area (Å²) in [5.41, 5.74) is 4.17. The molecule has 1 heterocycles. The first-order valence-corrected chi connectivity index (χ1v) is 9.83. The van der Waals surface area contributed by atoms with Crippen molar-refractivity contribution in [1.82, 2.24) is 15.6 Å². The Balaban J connectivity index is 2.32. The summed E-state index contributed by atoms with van der Waals surface area (Å²) in [4.78, 5) is 4.75. The third-order valence-corrected chi connectivity index (χ3v) is 4.28. The van der Waals surface area contributed by atoms with E-state index in [1.54, 1.807) is 14.2 Å². The molecular formula is C19H27N3O2S2. The predicted molar refractivity (Wildman–Crippen MR) is 114 cm³/mol. The van der Waals surface area contributed by atoms with Crippen LogP contribution >= 0.6 is 25.3 Å². The monoisotopic (exact) mass is 393 g/mol. The zero-order valence-electron chi connectivity index (χ0n) is 15.3. The van der Waals surface area contributed by atoms with E-state index in [9.17, 15) is 0 Å². The summed E-state index contributed by atoms with van der Waals surface area (Å²) >= 11 is 8.47.